The van der Waals surface area contributed by atoms with Gasteiger partial charge in [-0.05, 0) is 41.5 Å². The van der Waals surface area contributed by atoms with Crippen LogP contribution < -0.4 is 4.72 Å². The molecule has 172 valence electrons. The highest BCUT2D eigenvalue weighted by Gasteiger charge is 2.35. The Bertz CT molecular complexity index is 1090. The SMILES string of the molecule is CC(C)(C)Cn1cc(CNSC2CC(F)C2)c2ccc(-c3cccnc3C(F)(F)F)cc21. The summed E-state index contributed by atoms with van der Waals surface area (Å²) < 4.78 is 59.1. The lowest BCUT2D eigenvalue weighted by atomic mass is 9.96. The fourth-order valence-corrected chi connectivity index (χ4v) is 5.10. The molecule has 0 saturated heterocycles. The van der Waals surface area contributed by atoms with Crippen LogP contribution in [0.2, 0.25) is 0 Å². The number of fused-ring (bicyclic) bond motifs is 1. The van der Waals surface area contributed by atoms with Crippen LogP contribution in [-0.4, -0.2) is 21.0 Å². The van der Waals surface area contributed by atoms with Gasteiger partial charge in [0, 0.05) is 47.2 Å². The first-order valence-corrected chi connectivity index (χ1v) is 11.6. The minimum atomic E-state index is -4.52. The van der Waals surface area contributed by atoms with Crippen LogP contribution in [0.5, 0.6) is 0 Å². The topological polar surface area (TPSA) is 29.9 Å². The first-order valence-electron chi connectivity index (χ1n) is 10.7. The molecular weight excluding hydrogens is 438 g/mol. The van der Waals surface area contributed by atoms with Gasteiger partial charge in [-0.25, -0.2) is 4.39 Å². The van der Waals surface area contributed by atoms with Gasteiger partial charge < -0.3 is 4.57 Å². The summed E-state index contributed by atoms with van der Waals surface area (Å²) in [6.45, 7) is 7.72. The molecule has 2 aromatic heterocycles. The fraction of sp³-hybridized carbons (Fsp3) is 0.458. The van der Waals surface area contributed by atoms with Crippen LogP contribution in [0.3, 0.4) is 0 Å². The first kappa shape index (κ1) is 23.1. The predicted octanol–water partition coefficient (Wildman–Crippen LogP) is 7.01. The second-order valence-electron chi connectivity index (χ2n) is 9.60. The minimum Gasteiger partial charge on any atom is -0.347 e. The molecule has 0 atom stereocenters. The molecule has 0 aliphatic heterocycles. The molecule has 1 aromatic carbocycles. The summed E-state index contributed by atoms with van der Waals surface area (Å²) in [6.07, 6.45) is -0.804. The molecule has 1 aliphatic carbocycles. The van der Waals surface area contributed by atoms with E-state index in [9.17, 15) is 17.6 Å². The molecule has 0 spiro atoms. The molecule has 1 fully saturated rings. The van der Waals surface area contributed by atoms with E-state index in [4.69, 9.17) is 0 Å². The van der Waals surface area contributed by atoms with Crippen molar-refractivity contribution >= 4 is 22.9 Å². The van der Waals surface area contributed by atoms with Crippen molar-refractivity contribution < 1.29 is 17.6 Å². The number of rotatable bonds is 6. The number of halogens is 4. The third kappa shape index (κ3) is 5.12. The third-order valence-electron chi connectivity index (χ3n) is 5.55. The van der Waals surface area contributed by atoms with Gasteiger partial charge in [0.25, 0.3) is 0 Å². The Morgan fingerprint density at radius 1 is 1.16 bits per heavy atom. The number of pyridine rings is 1. The van der Waals surface area contributed by atoms with Gasteiger partial charge in [-0.15, -0.1) is 0 Å². The third-order valence-corrected chi connectivity index (χ3v) is 6.58. The standard InChI is InChI=1S/C24H27F4N3S/c1-23(2,3)14-31-13-16(12-30-32-18-10-17(25)11-18)19-7-6-15(9-21(19)31)20-5-4-8-29-22(20)24(26,27)28/h4-9,13,17-18,30H,10-12,14H2,1-3H3. The Kier molecular flexibility index (Phi) is 6.29. The molecule has 0 radical (unpaired) electrons. The Morgan fingerprint density at radius 3 is 2.56 bits per heavy atom. The average Bonchev–Trinajstić information content (AvgIpc) is 3.01. The molecule has 3 aromatic rings. The molecule has 1 N–H and O–H groups in total. The number of nitrogens with one attached hydrogen (secondary N) is 1. The summed E-state index contributed by atoms with van der Waals surface area (Å²) >= 11 is 1.56. The van der Waals surface area contributed by atoms with Gasteiger partial charge in [-0.2, -0.15) is 13.2 Å². The monoisotopic (exact) mass is 465 g/mol. The maximum absolute atomic E-state index is 13.5. The molecule has 0 amide bonds. The highest BCUT2D eigenvalue weighted by atomic mass is 32.2. The Morgan fingerprint density at radius 2 is 1.91 bits per heavy atom. The van der Waals surface area contributed by atoms with Gasteiger partial charge in [0.2, 0.25) is 0 Å². The van der Waals surface area contributed by atoms with Crippen molar-refractivity contribution in [3.05, 3.63) is 54.0 Å². The van der Waals surface area contributed by atoms with E-state index in [0.717, 1.165) is 23.0 Å². The molecule has 4 rings (SSSR count). The fourth-order valence-electron chi connectivity index (χ4n) is 4.02. The minimum absolute atomic E-state index is 0.00506. The van der Waals surface area contributed by atoms with Crippen LogP contribution >= 0.6 is 11.9 Å². The van der Waals surface area contributed by atoms with Gasteiger partial charge in [-0.3, -0.25) is 9.71 Å². The molecular formula is C24H27F4N3S. The van der Waals surface area contributed by atoms with Gasteiger partial charge in [0.1, 0.15) is 6.17 Å². The van der Waals surface area contributed by atoms with E-state index in [0.29, 0.717) is 30.2 Å². The van der Waals surface area contributed by atoms with Crippen LogP contribution in [0.15, 0.2) is 42.7 Å². The number of benzene rings is 1. The van der Waals surface area contributed by atoms with E-state index in [-0.39, 0.29) is 11.0 Å². The molecule has 1 aliphatic rings. The lowest BCUT2D eigenvalue weighted by molar-refractivity contribution is -0.140. The molecule has 2 heterocycles. The molecule has 3 nitrogen and oxygen atoms in total. The largest absolute Gasteiger partial charge is 0.433 e. The van der Waals surface area contributed by atoms with Crippen LogP contribution in [-0.2, 0) is 19.3 Å². The average molecular weight is 466 g/mol. The summed E-state index contributed by atoms with van der Waals surface area (Å²) in [5.41, 5.74) is 1.65. The summed E-state index contributed by atoms with van der Waals surface area (Å²) in [4.78, 5) is 3.60. The molecule has 0 unspecified atom stereocenters. The van der Waals surface area contributed by atoms with Crippen molar-refractivity contribution in [3.63, 3.8) is 0 Å². The van der Waals surface area contributed by atoms with Crippen LogP contribution in [0.1, 0.15) is 44.9 Å². The summed E-state index contributed by atoms with van der Waals surface area (Å²) in [5, 5.41) is 1.30. The lowest BCUT2D eigenvalue weighted by Crippen LogP contribution is -2.29. The van der Waals surface area contributed by atoms with Crippen molar-refractivity contribution in [2.24, 2.45) is 5.41 Å². The van der Waals surface area contributed by atoms with Crippen molar-refractivity contribution in [2.45, 2.75) is 64.3 Å². The highest BCUT2D eigenvalue weighted by Crippen LogP contribution is 2.37. The van der Waals surface area contributed by atoms with Gasteiger partial charge in [0.05, 0.1) is 0 Å². The zero-order valence-corrected chi connectivity index (χ0v) is 19.2. The highest BCUT2D eigenvalue weighted by molar-refractivity contribution is 7.98. The van der Waals surface area contributed by atoms with E-state index in [1.165, 1.54) is 18.3 Å². The molecule has 8 heteroatoms. The lowest BCUT2D eigenvalue weighted by Gasteiger charge is -2.28. The predicted molar refractivity (Wildman–Crippen MR) is 122 cm³/mol. The normalized spacial score (nSPS) is 19.3. The summed E-state index contributed by atoms with van der Waals surface area (Å²) in [6, 6.07) is 8.43. The van der Waals surface area contributed by atoms with E-state index < -0.39 is 18.0 Å². The second-order valence-corrected chi connectivity index (χ2v) is 10.8. The van der Waals surface area contributed by atoms with Crippen LogP contribution in [0, 0.1) is 5.41 Å². The number of nitrogens with zero attached hydrogens (tertiary/aromatic N) is 2. The summed E-state index contributed by atoms with van der Waals surface area (Å²) in [5.74, 6) is 0. The zero-order valence-electron chi connectivity index (χ0n) is 18.3. The maximum Gasteiger partial charge on any atom is 0.433 e. The van der Waals surface area contributed by atoms with E-state index in [1.54, 1.807) is 18.0 Å². The Hall–Kier alpha value is -2.06. The zero-order chi connectivity index (χ0) is 23.1. The van der Waals surface area contributed by atoms with Crippen molar-refractivity contribution in [2.75, 3.05) is 0 Å². The van der Waals surface area contributed by atoms with E-state index in [2.05, 4.69) is 41.2 Å². The molecule has 0 bridgehead atoms. The van der Waals surface area contributed by atoms with E-state index in [1.807, 2.05) is 12.1 Å². The maximum atomic E-state index is 13.5. The molecule has 32 heavy (non-hydrogen) atoms. The van der Waals surface area contributed by atoms with Crippen LogP contribution in [0.4, 0.5) is 17.6 Å². The Balaban J connectivity index is 1.69. The van der Waals surface area contributed by atoms with Crippen molar-refractivity contribution in [1.29, 1.82) is 0 Å². The van der Waals surface area contributed by atoms with Crippen molar-refractivity contribution in [3.8, 4) is 11.1 Å². The number of hydrogen-bond acceptors (Lipinski definition) is 3. The van der Waals surface area contributed by atoms with Gasteiger partial charge in [0.15, 0.2) is 5.69 Å². The van der Waals surface area contributed by atoms with Crippen molar-refractivity contribution in [1.82, 2.24) is 14.3 Å². The van der Waals surface area contributed by atoms with Gasteiger partial charge in [-0.1, -0.05) is 50.9 Å². The number of aromatic nitrogens is 2. The molecule has 1 saturated carbocycles. The van der Waals surface area contributed by atoms with Gasteiger partial charge >= 0.3 is 6.18 Å². The number of hydrogen-bond donors (Lipinski definition) is 1. The van der Waals surface area contributed by atoms with E-state index >= 15 is 0 Å². The second kappa shape index (κ2) is 8.71. The number of alkyl halides is 4. The quantitative estimate of drug-likeness (QED) is 0.314. The smallest absolute Gasteiger partial charge is 0.347 e. The van der Waals surface area contributed by atoms with Crippen LogP contribution in [0.25, 0.3) is 22.0 Å². The first-order chi connectivity index (χ1) is 15.0. The summed E-state index contributed by atoms with van der Waals surface area (Å²) in [7, 11) is 0. The Labute approximate surface area is 189 Å².